The molecule has 2 aromatic carbocycles. The van der Waals surface area contributed by atoms with E-state index in [4.69, 9.17) is 4.74 Å². The number of nitrogens with one attached hydrogen (secondary N) is 1. The third kappa shape index (κ3) is 3.04. The second-order valence-electron chi connectivity index (χ2n) is 5.80. The van der Waals surface area contributed by atoms with Crippen LogP contribution >= 0.6 is 0 Å². The van der Waals surface area contributed by atoms with Gasteiger partial charge in [0.25, 0.3) is 0 Å². The van der Waals surface area contributed by atoms with Crippen molar-refractivity contribution in [3.63, 3.8) is 0 Å². The van der Waals surface area contributed by atoms with Gasteiger partial charge in [-0.2, -0.15) is 0 Å². The molecule has 24 heavy (non-hydrogen) atoms. The topological polar surface area (TPSA) is 42.8 Å². The number of para-hydroxylation sites is 1. The normalized spacial score (nSPS) is 11.0. The Labute approximate surface area is 140 Å². The van der Waals surface area contributed by atoms with E-state index in [1.165, 1.54) is 10.9 Å². The monoisotopic (exact) mass is 317 g/mol. The van der Waals surface area contributed by atoms with Crippen LogP contribution in [0.5, 0.6) is 5.75 Å². The Morgan fingerprint density at radius 2 is 1.92 bits per heavy atom. The number of benzene rings is 2. The van der Waals surface area contributed by atoms with E-state index in [0.29, 0.717) is 6.61 Å². The zero-order valence-electron chi connectivity index (χ0n) is 13.4. The van der Waals surface area contributed by atoms with Gasteiger partial charge in [0.15, 0.2) is 0 Å². The summed E-state index contributed by atoms with van der Waals surface area (Å²) in [5.41, 5.74) is 3.46. The largest absolute Gasteiger partial charge is 0.487 e. The number of ether oxygens (including phenoxy) is 1. The minimum atomic E-state index is 0.575. The highest BCUT2D eigenvalue weighted by molar-refractivity contribution is 5.86. The molecule has 0 aliphatic heterocycles. The van der Waals surface area contributed by atoms with Gasteiger partial charge >= 0.3 is 0 Å². The highest BCUT2D eigenvalue weighted by atomic mass is 16.5. The first kappa shape index (κ1) is 14.6. The van der Waals surface area contributed by atoms with Crippen LogP contribution < -0.4 is 4.74 Å². The first-order chi connectivity index (χ1) is 11.9. The van der Waals surface area contributed by atoms with Crippen LogP contribution in [0.3, 0.4) is 0 Å². The third-order valence-electron chi connectivity index (χ3n) is 4.17. The summed E-state index contributed by atoms with van der Waals surface area (Å²) in [5, 5.41) is 1.20. The Hall–Kier alpha value is -3.01. The van der Waals surface area contributed by atoms with Crippen LogP contribution in [0.25, 0.3) is 10.9 Å². The fraction of sp³-hybridized carbons (Fsp3) is 0.150. The highest BCUT2D eigenvalue weighted by Crippen LogP contribution is 2.27. The summed E-state index contributed by atoms with van der Waals surface area (Å²) in [6, 6.07) is 18.6. The van der Waals surface area contributed by atoms with Gasteiger partial charge in [0, 0.05) is 36.4 Å². The molecule has 2 heterocycles. The Kier molecular flexibility index (Phi) is 4.02. The zero-order chi connectivity index (χ0) is 16.2. The molecule has 2 aromatic heterocycles. The summed E-state index contributed by atoms with van der Waals surface area (Å²) < 4.78 is 8.35. The van der Waals surface area contributed by atoms with Gasteiger partial charge in [0.1, 0.15) is 12.4 Å². The van der Waals surface area contributed by atoms with Gasteiger partial charge in [-0.3, -0.25) is 0 Å². The molecule has 0 aliphatic rings. The molecule has 4 aromatic rings. The van der Waals surface area contributed by atoms with Gasteiger partial charge in [0.05, 0.1) is 11.8 Å². The van der Waals surface area contributed by atoms with Crippen molar-refractivity contribution >= 4 is 10.9 Å². The SMILES string of the molecule is c1ccc(COc2cccc3ccn(CCc4cnc[nH]4)c23)cc1. The van der Waals surface area contributed by atoms with E-state index in [-0.39, 0.29) is 0 Å². The summed E-state index contributed by atoms with van der Waals surface area (Å²) in [5.74, 6) is 0.922. The van der Waals surface area contributed by atoms with Crippen LogP contribution in [0.4, 0.5) is 0 Å². The molecular weight excluding hydrogens is 298 g/mol. The molecule has 4 rings (SSSR count). The van der Waals surface area contributed by atoms with Crippen molar-refractivity contribution in [2.75, 3.05) is 0 Å². The van der Waals surface area contributed by atoms with Crippen LogP contribution in [-0.2, 0) is 19.6 Å². The van der Waals surface area contributed by atoms with E-state index in [2.05, 4.69) is 45.0 Å². The van der Waals surface area contributed by atoms with Crippen LogP contribution in [0.2, 0.25) is 0 Å². The van der Waals surface area contributed by atoms with Crippen molar-refractivity contribution in [1.82, 2.24) is 14.5 Å². The van der Waals surface area contributed by atoms with E-state index in [1.54, 1.807) is 6.33 Å². The Balaban J connectivity index is 1.57. The molecule has 0 aliphatic carbocycles. The predicted octanol–water partition coefficient (Wildman–Crippen LogP) is 4.19. The summed E-state index contributed by atoms with van der Waals surface area (Å²) in [6.07, 6.45) is 6.63. The fourth-order valence-corrected chi connectivity index (χ4v) is 2.93. The van der Waals surface area contributed by atoms with Gasteiger partial charge in [-0.1, -0.05) is 42.5 Å². The van der Waals surface area contributed by atoms with Crippen molar-refractivity contribution in [3.8, 4) is 5.75 Å². The van der Waals surface area contributed by atoms with Gasteiger partial charge in [0.2, 0.25) is 0 Å². The maximum absolute atomic E-state index is 6.10. The van der Waals surface area contributed by atoms with E-state index < -0.39 is 0 Å². The van der Waals surface area contributed by atoms with Gasteiger partial charge in [-0.15, -0.1) is 0 Å². The second-order valence-corrected chi connectivity index (χ2v) is 5.80. The number of fused-ring (bicyclic) bond motifs is 1. The molecule has 0 spiro atoms. The van der Waals surface area contributed by atoms with Crippen LogP contribution in [0, 0.1) is 0 Å². The highest BCUT2D eigenvalue weighted by Gasteiger charge is 2.08. The minimum absolute atomic E-state index is 0.575. The molecule has 0 radical (unpaired) electrons. The Bertz CT molecular complexity index is 911. The lowest BCUT2D eigenvalue weighted by Crippen LogP contribution is -2.02. The number of H-pyrrole nitrogens is 1. The van der Waals surface area contributed by atoms with Crippen molar-refractivity contribution in [3.05, 3.63) is 84.6 Å². The third-order valence-corrected chi connectivity index (χ3v) is 4.17. The van der Waals surface area contributed by atoms with Crippen molar-refractivity contribution in [1.29, 1.82) is 0 Å². The molecule has 4 heteroatoms. The quantitative estimate of drug-likeness (QED) is 0.579. The number of aromatic nitrogens is 3. The molecule has 0 saturated heterocycles. The summed E-state index contributed by atoms with van der Waals surface area (Å²) in [6.45, 7) is 1.46. The van der Waals surface area contributed by atoms with Crippen molar-refractivity contribution in [2.45, 2.75) is 19.6 Å². The minimum Gasteiger partial charge on any atom is -0.487 e. The number of imidazole rings is 1. The lowest BCUT2D eigenvalue weighted by atomic mass is 10.2. The second kappa shape index (κ2) is 6.62. The average Bonchev–Trinajstić information content (AvgIpc) is 3.29. The summed E-state index contributed by atoms with van der Waals surface area (Å²) >= 11 is 0. The van der Waals surface area contributed by atoms with Gasteiger partial charge < -0.3 is 14.3 Å². The molecule has 0 saturated carbocycles. The lowest BCUT2D eigenvalue weighted by molar-refractivity contribution is 0.308. The first-order valence-electron chi connectivity index (χ1n) is 8.12. The van der Waals surface area contributed by atoms with E-state index in [9.17, 15) is 0 Å². The molecule has 120 valence electrons. The smallest absolute Gasteiger partial charge is 0.144 e. The van der Waals surface area contributed by atoms with E-state index in [1.807, 2.05) is 36.5 Å². The number of nitrogens with zero attached hydrogens (tertiary/aromatic N) is 2. The lowest BCUT2D eigenvalue weighted by Gasteiger charge is -2.11. The van der Waals surface area contributed by atoms with E-state index in [0.717, 1.165) is 29.9 Å². The number of hydrogen-bond acceptors (Lipinski definition) is 2. The number of hydrogen-bond donors (Lipinski definition) is 1. The standard InChI is InChI=1S/C20H19N3O/c1-2-5-16(6-3-1)14-24-19-8-4-7-17-9-11-23(20(17)19)12-10-18-13-21-15-22-18/h1-9,11,13,15H,10,12,14H2,(H,21,22). The first-order valence-corrected chi connectivity index (χ1v) is 8.12. The number of aryl methyl sites for hydroxylation is 2. The zero-order valence-corrected chi connectivity index (χ0v) is 13.4. The van der Waals surface area contributed by atoms with Crippen LogP contribution in [0.1, 0.15) is 11.3 Å². The maximum atomic E-state index is 6.10. The number of rotatable bonds is 6. The molecule has 0 amide bonds. The van der Waals surface area contributed by atoms with Crippen LogP contribution in [0.15, 0.2) is 73.3 Å². The number of aromatic amines is 1. The fourth-order valence-electron chi connectivity index (χ4n) is 2.93. The molecular formula is C20H19N3O. The molecule has 0 unspecified atom stereocenters. The molecule has 1 N–H and O–H groups in total. The van der Waals surface area contributed by atoms with Gasteiger partial charge in [-0.05, 0) is 17.7 Å². The van der Waals surface area contributed by atoms with Crippen LogP contribution in [-0.4, -0.2) is 14.5 Å². The van der Waals surface area contributed by atoms with Crippen molar-refractivity contribution < 1.29 is 4.74 Å². The molecule has 4 nitrogen and oxygen atoms in total. The molecule has 0 atom stereocenters. The maximum Gasteiger partial charge on any atom is 0.144 e. The van der Waals surface area contributed by atoms with E-state index >= 15 is 0 Å². The average molecular weight is 317 g/mol. The van der Waals surface area contributed by atoms with Crippen molar-refractivity contribution in [2.24, 2.45) is 0 Å². The summed E-state index contributed by atoms with van der Waals surface area (Å²) in [7, 11) is 0. The predicted molar refractivity (Wildman–Crippen MR) is 95.0 cm³/mol. The molecule has 0 fully saturated rings. The Morgan fingerprint density at radius 1 is 1.00 bits per heavy atom. The molecule has 0 bridgehead atoms. The summed E-state index contributed by atoms with van der Waals surface area (Å²) in [4.78, 5) is 7.23. The Morgan fingerprint density at radius 3 is 2.75 bits per heavy atom. The van der Waals surface area contributed by atoms with Gasteiger partial charge in [-0.25, -0.2) is 4.98 Å².